The van der Waals surface area contributed by atoms with Crippen molar-refractivity contribution in [3.63, 3.8) is 0 Å². The van der Waals surface area contributed by atoms with E-state index < -0.39 is 6.10 Å². The lowest BCUT2D eigenvalue weighted by molar-refractivity contribution is 0.112. The van der Waals surface area contributed by atoms with Crippen LogP contribution in [-0.4, -0.2) is 32.9 Å². The van der Waals surface area contributed by atoms with Gasteiger partial charge in [0.15, 0.2) is 0 Å². The summed E-state index contributed by atoms with van der Waals surface area (Å²) in [6.45, 7) is 0.163. The summed E-state index contributed by atoms with van der Waals surface area (Å²) in [7, 11) is 0. The molecule has 0 spiro atoms. The highest BCUT2D eigenvalue weighted by Crippen LogP contribution is 2.29. The molecule has 4 rings (SSSR count). The first-order valence-electron chi connectivity index (χ1n) is 9.00. The van der Waals surface area contributed by atoms with E-state index in [0.29, 0.717) is 48.7 Å². The molecular weight excluding hydrogens is 472 g/mol. The summed E-state index contributed by atoms with van der Waals surface area (Å²) in [6, 6.07) is 12.0. The molecule has 2 heterocycles. The maximum atomic E-state index is 12.6. The number of H-pyrrole nitrogens is 2. The van der Waals surface area contributed by atoms with Crippen molar-refractivity contribution in [2.45, 2.75) is 6.10 Å². The molecule has 4 aromatic rings. The number of imidazole rings is 1. The molecule has 2 aromatic heterocycles. The van der Waals surface area contributed by atoms with Gasteiger partial charge < -0.3 is 20.4 Å². The van der Waals surface area contributed by atoms with Gasteiger partial charge in [0.05, 0.1) is 17.3 Å². The number of nitrogens with zero attached hydrogens (tertiary/aromatic N) is 1. The number of aromatic amines is 2. The van der Waals surface area contributed by atoms with E-state index in [1.165, 1.54) is 6.20 Å². The van der Waals surface area contributed by atoms with Crippen molar-refractivity contribution in [3.05, 3.63) is 79.6 Å². The maximum absolute atomic E-state index is 12.6. The molecule has 0 unspecified atom stereocenters. The van der Waals surface area contributed by atoms with Crippen LogP contribution in [0.5, 0.6) is 0 Å². The van der Waals surface area contributed by atoms with Gasteiger partial charge in [-0.2, -0.15) is 0 Å². The molecule has 30 heavy (non-hydrogen) atoms. The maximum Gasteiger partial charge on any atom is 0.261 e. The molecule has 1 atom stereocenters. The van der Waals surface area contributed by atoms with Gasteiger partial charge in [0, 0.05) is 27.8 Å². The average Bonchev–Trinajstić information content (AvgIpc) is 3.16. The van der Waals surface area contributed by atoms with Crippen LogP contribution >= 0.6 is 27.5 Å². The molecule has 0 amide bonds. The first-order chi connectivity index (χ1) is 14.5. The van der Waals surface area contributed by atoms with Crippen LogP contribution in [0.15, 0.2) is 57.9 Å². The molecule has 0 saturated carbocycles. The minimum atomic E-state index is -0.823. The Labute approximate surface area is 184 Å². The third-order valence-electron chi connectivity index (χ3n) is 4.62. The third kappa shape index (κ3) is 4.02. The van der Waals surface area contributed by atoms with Gasteiger partial charge in [-0.3, -0.25) is 9.59 Å². The second-order valence-electron chi connectivity index (χ2n) is 6.65. The molecule has 0 radical (unpaired) electrons. The number of carbonyl (C=O) groups is 1. The number of benzene rings is 2. The van der Waals surface area contributed by atoms with Crippen molar-refractivity contribution in [2.75, 3.05) is 11.9 Å². The highest BCUT2D eigenvalue weighted by molar-refractivity contribution is 9.10. The van der Waals surface area contributed by atoms with E-state index in [4.69, 9.17) is 11.6 Å². The Kier molecular flexibility index (Phi) is 5.72. The number of carbonyl (C=O) groups excluding carboxylic acids is 1. The van der Waals surface area contributed by atoms with Crippen LogP contribution in [0.3, 0.4) is 0 Å². The zero-order chi connectivity index (χ0) is 21.3. The van der Waals surface area contributed by atoms with E-state index in [9.17, 15) is 14.7 Å². The van der Waals surface area contributed by atoms with Crippen molar-refractivity contribution < 1.29 is 9.90 Å². The van der Waals surface area contributed by atoms with Crippen LogP contribution in [-0.2, 0) is 0 Å². The van der Waals surface area contributed by atoms with Crippen molar-refractivity contribution in [1.29, 1.82) is 0 Å². The lowest BCUT2D eigenvalue weighted by Gasteiger charge is -2.15. The second-order valence-corrected chi connectivity index (χ2v) is 7.94. The number of aromatic nitrogens is 3. The molecule has 4 N–H and O–H groups in total. The van der Waals surface area contributed by atoms with Crippen LogP contribution < -0.4 is 10.9 Å². The third-order valence-corrected chi connectivity index (χ3v) is 5.46. The number of aliphatic hydroxyl groups is 1. The fraction of sp³-hybridized carbons (Fsp3) is 0.0952. The summed E-state index contributed by atoms with van der Waals surface area (Å²) in [5.41, 5.74) is 2.82. The molecule has 0 saturated heterocycles. The molecule has 0 aliphatic carbocycles. The fourth-order valence-electron chi connectivity index (χ4n) is 3.18. The largest absolute Gasteiger partial charge is 0.387 e. The van der Waals surface area contributed by atoms with Crippen molar-refractivity contribution in [1.82, 2.24) is 15.0 Å². The van der Waals surface area contributed by atoms with Crippen molar-refractivity contribution >= 4 is 50.5 Å². The topological polar surface area (TPSA) is 111 Å². The Bertz CT molecular complexity index is 1300. The Morgan fingerprint density at radius 2 is 2.10 bits per heavy atom. The summed E-state index contributed by atoms with van der Waals surface area (Å²) in [5, 5.41) is 14.1. The average molecular weight is 488 g/mol. The SMILES string of the molecule is O=Cc1cc(Br)c2nc(-c3c(NC[C@@H](O)c4cccc(Cl)c4)cc[nH]c3=O)[nH]c2c1. The minimum Gasteiger partial charge on any atom is -0.387 e. The van der Waals surface area contributed by atoms with Gasteiger partial charge >= 0.3 is 0 Å². The van der Waals surface area contributed by atoms with Crippen molar-refractivity contribution in [3.8, 4) is 11.4 Å². The fourth-order valence-corrected chi connectivity index (χ4v) is 3.95. The molecule has 7 nitrogen and oxygen atoms in total. The Morgan fingerprint density at radius 3 is 2.87 bits per heavy atom. The lowest BCUT2D eigenvalue weighted by Crippen LogP contribution is -2.17. The number of pyridine rings is 1. The number of hydrogen-bond donors (Lipinski definition) is 4. The standard InChI is InChI=1S/C21H16BrClN4O3/c22-14-6-11(10-28)7-16-19(14)27-20(26-16)18-15(4-5-24-21(18)30)25-9-17(29)12-2-1-3-13(23)8-12/h1-8,10,17,29H,9H2,(H,26,27)(H2,24,25,30)/t17-/m1/s1. The minimum absolute atomic E-state index is 0.163. The molecule has 0 aliphatic heterocycles. The predicted octanol–water partition coefficient (Wildman–Crippen LogP) is 4.29. The van der Waals surface area contributed by atoms with E-state index >= 15 is 0 Å². The molecule has 0 aliphatic rings. The summed E-state index contributed by atoms with van der Waals surface area (Å²) < 4.78 is 0.642. The number of halogens is 2. The summed E-state index contributed by atoms with van der Waals surface area (Å²) in [5.74, 6) is 0.343. The van der Waals surface area contributed by atoms with Gasteiger partial charge in [-0.25, -0.2) is 4.98 Å². The number of nitrogens with one attached hydrogen (secondary N) is 3. The van der Waals surface area contributed by atoms with E-state index in [-0.39, 0.29) is 12.1 Å². The molecule has 9 heteroatoms. The first-order valence-corrected chi connectivity index (χ1v) is 10.2. The van der Waals surface area contributed by atoms with E-state index in [2.05, 4.69) is 36.2 Å². The number of hydrogen-bond acceptors (Lipinski definition) is 5. The van der Waals surface area contributed by atoms with Gasteiger partial charge in [0.25, 0.3) is 5.56 Å². The Balaban J connectivity index is 1.68. The highest BCUT2D eigenvalue weighted by Gasteiger charge is 2.17. The summed E-state index contributed by atoms with van der Waals surface area (Å²) >= 11 is 9.40. The second kappa shape index (κ2) is 8.43. The number of aldehydes is 1. The lowest BCUT2D eigenvalue weighted by atomic mass is 10.1. The Morgan fingerprint density at radius 1 is 1.27 bits per heavy atom. The quantitative estimate of drug-likeness (QED) is 0.303. The van der Waals surface area contributed by atoms with Gasteiger partial charge in [-0.1, -0.05) is 23.7 Å². The van der Waals surface area contributed by atoms with Gasteiger partial charge in [-0.05, 0) is 51.8 Å². The monoisotopic (exact) mass is 486 g/mol. The van der Waals surface area contributed by atoms with Crippen LogP contribution in [0.4, 0.5) is 5.69 Å². The molecule has 0 fully saturated rings. The van der Waals surface area contributed by atoms with Gasteiger partial charge in [0.2, 0.25) is 0 Å². The number of aliphatic hydroxyl groups excluding tert-OH is 1. The van der Waals surface area contributed by atoms with Crippen LogP contribution in [0.1, 0.15) is 22.0 Å². The van der Waals surface area contributed by atoms with Crippen molar-refractivity contribution in [2.24, 2.45) is 0 Å². The van der Waals surface area contributed by atoms with Gasteiger partial charge in [-0.15, -0.1) is 0 Å². The van der Waals surface area contributed by atoms with Crippen LogP contribution in [0.25, 0.3) is 22.4 Å². The van der Waals surface area contributed by atoms with E-state index in [1.807, 2.05) is 0 Å². The molecule has 152 valence electrons. The summed E-state index contributed by atoms with van der Waals surface area (Å²) in [4.78, 5) is 34.0. The van der Waals surface area contributed by atoms with Gasteiger partial charge in [0.1, 0.15) is 23.2 Å². The van der Waals surface area contributed by atoms with E-state index in [0.717, 1.165) is 6.29 Å². The smallest absolute Gasteiger partial charge is 0.261 e. The molecular formula is C21H16BrClN4O3. The zero-order valence-electron chi connectivity index (χ0n) is 15.4. The zero-order valence-corrected chi connectivity index (χ0v) is 17.8. The predicted molar refractivity (Wildman–Crippen MR) is 120 cm³/mol. The number of rotatable bonds is 6. The van der Waals surface area contributed by atoms with Crippen LogP contribution in [0, 0.1) is 0 Å². The van der Waals surface area contributed by atoms with E-state index in [1.54, 1.807) is 42.5 Å². The molecule has 2 aromatic carbocycles. The number of fused-ring (bicyclic) bond motifs is 1. The molecule has 0 bridgehead atoms. The normalized spacial score (nSPS) is 12.1. The highest BCUT2D eigenvalue weighted by atomic mass is 79.9. The number of anilines is 1. The van der Waals surface area contributed by atoms with Crippen LogP contribution in [0.2, 0.25) is 5.02 Å². The first kappa shape index (κ1) is 20.3. The summed E-state index contributed by atoms with van der Waals surface area (Å²) in [6.07, 6.45) is 1.43. The Hall–Kier alpha value is -2.94.